The Kier molecular flexibility index (Phi) is 6.12. The summed E-state index contributed by atoms with van der Waals surface area (Å²) >= 11 is 0. The Bertz CT molecular complexity index is 1290. The van der Waals surface area contributed by atoms with Gasteiger partial charge in [-0.3, -0.25) is 14.4 Å². The fraction of sp³-hybridized carbons (Fsp3) is 0.250. The summed E-state index contributed by atoms with van der Waals surface area (Å²) < 4.78 is 1.76. The van der Waals surface area contributed by atoms with Crippen LogP contribution in [-0.4, -0.2) is 40.4 Å². The van der Waals surface area contributed by atoms with Crippen LogP contribution in [0.25, 0.3) is 5.57 Å². The highest BCUT2D eigenvalue weighted by Gasteiger charge is 2.28. The van der Waals surface area contributed by atoms with Crippen LogP contribution in [0.3, 0.4) is 0 Å². The van der Waals surface area contributed by atoms with Gasteiger partial charge >= 0.3 is 0 Å². The normalized spacial score (nSPS) is 15.5. The lowest BCUT2D eigenvalue weighted by atomic mass is 9.99. The first kappa shape index (κ1) is 21.9. The maximum Gasteiger partial charge on any atom is 0.259 e. The smallest absolute Gasteiger partial charge is 0.259 e. The third kappa shape index (κ3) is 4.86. The first-order valence-electron chi connectivity index (χ1n) is 11.7. The number of nitrogens with zero attached hydrogens (tertiary/aromatic N) is 2. The number of carbonyl (C=O) groups is 2. The Morgan fingerprint density at radius 2 is 1.59 bits per heavy atom. The van der Waals surface area contributed by atoms with Gasteiger partial charge in [-0.15, -0.1) is 0 Å². The van der Waals surface area contributed by atoms with E-state index in [1.54, 1.807) is 21.9 Å². The van der Waals surface area contributed by atoms with Crippen LogP contribution in [0.1, 0.15) is 51.1 Å². The van der Waals surface area contributed by atoms with E-state index in [1.165, 1.54) is 5.57 Å². The summed E-state index contributed by atoms with van der Waals surface area (Å²) in [5.74, 6) is -0.745. The van der Waals surface area contributed by atoms with Crippen LogP contribution in [0.2, 0.25) is 0 Å². The minimum Gasteiger partial charge on any atom is -0.349 e. The summed E-state index contributed by atoms with van der Waals surface area (Å²) in [6, 6.07) is 20.0. The summed E-state index contributed by atoms with van der Waals surface area (Å²) in [5, 5.41) is 2.89. The molecule has 5 rings (SSSR count). The van der Waals surface area contributed by atoms with Crippen LogP contribution in [0.5, 0.6) is 0 Å². The van der Waals surface area contributed by atoms with Crippen molar-refractivity contribution in [3.05, 3.63) is 112 Å². The van der Waals surface area contributed by atoms with Gasteiger partial charge in [0, 0.05) is 38.1 Å². The number of pyridine rings is 1. The van der Waals surface area contributed by atoms with E-state index in [4.69, 9.17) is 0 Å². The molecule has 0 radical (unpaired) electrons. The number of benzene rings is 2. The van der Waals surface area contributed by atoms with Crippen molar-refractivity contribution in [1.29, 1.82) is 0 Å². The lowest BCUT2D eigenvalue weighted by molar-refractivity contribution is 0.0770. The number of hydrogen-bond donors (Lipinski definition) is 1. The van der Waals surface area contributed by atoms with E-state index in [-0.39, 0.29) is 23.1 Å². The van der Waals surface area contributed by atoms with Gasteiger partial charge in [-0.05, 0) is 36.0 Å². The molecule has 2 heterocycles. The fourth-order valence-electron chi connectivity index (χ4n) is 4.26. The summed E-state index contributed by atoms with van der Waals surface area (Å²) in [6.07, 6.45) is 7.76. The van der Waals surface area contributed by atoms with Gasteiger partial charge in [-0.25, -0.2) is 0 Å². The minimum atomic E-state index is -0.509. The third-order valence-electron chi connectivity index (χ3n) is 6.32. The van der Waals surface area contributed by atoms with Crippen LogP contribution in [0.15, 0.2) is 83.9 Å². The highest BCUT2D eigenvalue weighted by Crippen LogP contribution is 2.23. The van der Waals surface area contributed by atoms with Crippen LogP contribution in [0.4, 0.5) is 0 Å². The quantitative estimate of drug-likeness (QED) is 0.618. The number of rotatable bonds is 6. The largest absolute Gasteiger partial charge is 0.349 e. The molecule has 1 aromatic heterocycles. The molecule has 1 N–H and O–H groups in total. The lowest BCUT2D eigenvalue weighted by Gasteiger charge is -2.27. The van der Waals surface area contributed by atoms with Gasteiger partial charge in [0.25, 0.3) is 11.8 Å². The molecule has 1 saturated carbocycles. The monoisotopic (exact) mass is 453 g/mol. The molecule has 0 atom stereocenters. The molecule has 0 saturated heterocycles. The average Bonchev–Trinajstić information content (AvgIpc) is 3.70. The van der Waals surface area contributed by atoms with Crippen LogP contribution in [0, 0.1) is 0 Å². The van der Waals surface area contributed by atoms with E-state index >= 15 is 0 Å². The van der Waals surface area contributed by atoms with Gasteiger partial charge in [0.05, 0.1) is 0 Å². The van der Waals surface area contributed by atoms with Gasteiger partial charge in [0.1, 0.15) is 11.1 Å². The Morgan fingerprint density at radius 3 is 2.24 bits per heavy atom. The molecule has 3 aromatic rings. The maximum atomic E-state index is 13.4. The summed E-state index contributed by atoms with van der Waals surface area (Å²) in [4.78, 5) is 41.2. The zero-order valence-corrected chi connectivity index (χ0v) is 18.9. The number of carbonyl (C=O) groups excluding carboxylic acids is 2. The molecule has 172 valence electrons. The molecule has 1 aliphatic heterocycles. The molecule has 2 amide bonds. The summed E-state index contributed by atoms with van der Waals surface area (Å²) in [7, 11) is 0. The lowest BCUT2D eigenvalue weighted by Crippen LogP contribution is -2.40. The number of nitrogens with one attached hydrogen (secondary N) is 1. The zero-order chi connectivity index (χ0) is 23.5. The van der Waals surface area contributed by atoms with Crippen molar-refractivity contribution in [2.75, 3.05) is 13.1 Å². The molecular weight excluding hydrogens is 426 g/mol. The molecule has 2 aromatic carbocycles. The summed E-state index contributed by atoms with van der Waals surface area (Å²) in [6.45, 7) is 1.42. The predicted molar refractivity (Wildman–Crippen MR) is 132 cm³/mol. The Hall–Kier alpha value is -3.93. The molecular formula is C28H27N3O3. The highest BCUT2D eigenvalue weighted by molar-refractivity contribution is 5.99. The standard InChI is InChI=1S/C28H27N3O3/c32-26-24(27(33)29-23-11-12-23)18-30(17-20-7-3-1-4-8-20)19-25(26)28(34)31-15-13-22(14-16-31)21-9-5-2-6-10-21/h1-10,13,18-19,23H,11-12,14-17H2,(H,29,33). The molecule has 2 aliphatic rings. The van der Waals surface area contributed by atoms with Crippen molar-refractivity contribution in [2.45, 2.75) is 31.8 Å². The van der Waals surface area contributed by atoms with Crippen molar-refractivity contribution in [3.8, 4) is 0 Å². The van der Waals surface area contributed by atoms with Crippen molar-refractivity contribution < 1.29 is 9.59 Å². The molecule has 34 heavy (non-hydrogen) atoms. The topological polar surface area (TPSA) is 71.4 Å². The van der Waals surface area contributed by atoms with Crippen molar-refractivity contribution >= 4 is 17.4 Å². The number of hydrogen-bond acceptors (Lipinski definition) is 3. The molecule has 0 unspecified atom stereocenters. The maximum absolute atomic E-state index is 13.4. The SMILES string of the molecule is O=C(NC1CC1)c1cn(Cc2ccccc2)cc(C(=O)N2CC=C(c3ccccc3)CC2)c1=O. The first-order chi connectivity index (χ1) is 16.6. The molecule has 6 nitrogen and oxygen atoms in total. The summed E-state index contributed by atoms with van der Waals surface area (Å²) in [5.41, 5.74) is 2.92. The Labute approximate surface area is 198 Å². The van der Waals surface area contributed by atoms with Gasteiger partial charge in [-0.2, -0.15) is 0 Å². The average molecular weight is 454 g/mol. The molecule has 0 bridgehead atoms. The molecule has 6 heteroatoms. The third-order valence-corrected chi connectivity index (χ3v) is 6.32. The molecule has 1 fully saturated rings. The fourth-order valence-corrected chi connectivity index (χ4v) is 4.26. The number of aromatic nitrogens is 1. The van der Waals surface area contributed by atoms with E-state index in [0.29, 0.717) is 19.6 Å². The Morgan fingerprint density at radius 1 is 0.912 bits per heavy atom. The van der Waals surface area contributed by atoms with Crippen LogP contribution < -0.4 is 10.7 Å². The highest BCUT2D eigenvalue weighted by atomic mass is 16.2. The zero-order valence-electron chi connectivity index (χ0n) is 18.9. The Balaban J connectivity index is 1.44. The molecule has 0 spiro atoms. The van der Waals surface area contributed by atoms with Gasteiger partial charge in [0.15, 0.2) is 0 Å². The van der Waals surface area contributed by atoms with E-state index in [2.05, 4.69) is 17.4 Å². The van der Waals surface area contributed by atoms with Gasteiger partial charge in [0.2, 0.25) is 5.43 Å². The van der Waals surface area contributed by atoms with Gasteiger partial charge < -0.3 is 14.8 Å². The van der Waals surface area contributed by atoms with Crippen molar-refractivity contribution in [2.24, 2.45) is 0 Å². The first-order valence-corrected chi connectivity index (χ1v) is 11.7. The second-order valence-corrected chi connectivity index (χ2v) is 8.92. The van der Waals surface area contributed by atoms with E-state index < -0.39 is 11.3 Å². The van der Waals surface area contributed by atoms with Crippen LogP contribution in [-0.2, 0) is 6.54 Å². The van der Waals surface area contributed by atoms with E-state index in [9.17, 15) is 14.4 Å². The number of amides is 2. The van der Waals surface area contributed by atoms with Crippen molar-refractivity contribution in [3.63, 3.8) is 0 Å². The van der Waals surface area contributed by atoms with E-state index in [0.717, 1.165) is 30.4 Å². The van der Waals surface area contributed by atoms with E-state index in [1.807, 2.05) is 54.6 Å². The molecule has 1 aliphatic carbocycles. The predicted octanol–water partition coefficient (Wildman–Crippen LogP) is 3.72. The minimum absolute atomic E-state index is 0.0196. The van der Waals surface area contributed by atoms with Gasteiger partial charge in [-0.1, -0.05) is 66.7 Å². The second-order valence-electron chi connectivity index (χ2n) is 8.92. The van der Waals surface area contributed by atoms with Crippen molar-refractivity contribution in [1.82, 2.24) is 14.8 Å². The van der Waals surface area contributed by atoms with Crippen LogP contribution >= 0.6 is 0 Å². The second kappa shape index (κ2) is 9.51.